The molecule has 0 fully saturated rings. The molecule has 0 radical (unpaired) electrons. The van der Waals surface area contributed by atoms with Crippen LogP contribution in [0.25, 0.3) is 0 Å². The van der Waals surface area contributed by atoms with E-state index in [2.05, 4.69) is 21.4 Å². The maximum absolute atomic E-state index is 11.8. The van der Waals surface area contributed by atoms with Gasteiger partial charge >= 0.3 is 0 Å². The number of carbonyl (C=O) groups is 1. The zero-order valence-corrected chi connectivity index (χ0v) is 10.9. The fraction of sp³-hybridized carbons (Fsp3) is 0.154. The van der Waals surface area contributed by atoms with E-state index in [1.807, 2.05) is 24.3 Å². The molecule has 19 heavy (non-hydrogen) atoms. The monoisotopic (exact) mass is 272 g/mol. The first kappa shape index (κ1) is 13.1. The number of rotatable bonds is 4. The number of terminal acetylenes is 1. The van der Waals surface area contributed by atoms with Crippen LogP contribution in [0.15, 0.2) is 24.3 Å². The molecular formula is C13H12N4OS. The van der Waals surface area contributed by atoms with E-state index < -0.39 is 0 Å². The number of benzene rings is 1. The Balaban J connectivity index is 1.93. The summed E-state index contributed by atoms with van der Waals surface area (Å²) in [4.78, 5) is 11.8. The molecule has 1 heterocycles. The minimum Gasteiger partial charge on any atom is -0.374 e. The number of nitrogens with one attached hydrogen (secondary N) is 1. The molecule has 96 valence electrons. The van der Waals surface area contributed by atoms with Crippen LogP contribution in [0.1, 0.15) is 16.1 Å². The molecule has 0 spiro atoms. The number of anilines is 1. The third kappa shape index (κ3) is 3.53. The molecule has 3 N–H and O–H groups in total. The Bertz CT molecular complexity index is 630. The van der Waals surface area contributed by atoms with Crippen molar-refractivity contribution in [2.45, 2.75) is 13.0 Å². The predicted octanol–water partition coefficient (Wildman–Crippen LogP) is 0.961. The number of hydrogen-bond donors (Lipinski definition) is 2. The summed E-state index contributed by atoms with van der Waals surface area (Å²) in [5.74, 6) is 2.45. The summed E-state index contributed by atoms with van der Waals surface area (Å²) < 4.78 is 0. The second-order valence-electron chi connectivity index (χ2n) is 3.79. The maximum atomic E-state index is 11.8. The number of nitrogens with zero attached hydrogens (tertiary/aromatic N) is 2. The molecule has 6 heteroatoms. The highest BCUT2D eigenvalue weighted by molar-refractivity contribution is 7.15. The Morgan fingerprint density at radius 2 is 2.21 bits per heavy atom. The van der Waals surface area contributed by atoms with Gasteiger partial charge in [0.25, 0.3) is 0 Å². The van der Waals surface area contributed by atoms with Crippen molar-refractivity contribution in [3.8, 4) is 12.3 Å². The van der Waals surface area contributed by atoms with Crippen LogP contribution < -0.4 is 11.1 Å². The lowest BCUT2D eigenvalue weighted by atomic mass is 10.1. The van der Waals surface area contributed by atoms with E-state index in [1.165, 1.54) is 11.3 Å². The number of aromatic nitrogens is 2. The van der Waals surface area contributed by atoms with Gasteiger partial charge in [-0.1, -0.05) is 35.5 Å². The van der Waals surface area contributed by atoms with Gasteiger partial charge in [0.05, 0.1) is 13.0 Å². The van der Waals surface area contributed by atoms with E-state index in [0.29, 0.717) is 16.7 Å². The smallest absolute Gasteiger partial charge is 0.224 e. The third-order valence-corrected chi connectivity index (χ3v) is 3.20. The number of nitrogen functional groups attached to an aromatic ring is 1. The molecule has 0 bridgehead atoms. The number of hydrogen-bond acceptors (Lipinski definition) is 5. The van der Waals surface area contributed by atoms with Crippen molar-refractivity contribution >= 4 is 22.4 Å². The summed E-state index contributed by atoms with van der Waals surface area (Å²) in [7, 11) is 0. The molecule has 0 aliphatic rings. The average Bonchev–Trinajstić information content (AvgIpc) is 2.83. The zero-order chi connectivity index (χ0) is 13.7. The van der Waals surface area contributed by atoms with Crippen molar-refractivity contribution in [3.05, 3.63) is 40.4 Å². The molecule has 0 saturated heterocycles. The lowest BCUT2D eigenvalue weighted by molar-refractivity contribution is -0.120. The number of carbonyl (C=O) groups excluding carboxylic acids is 1. The zero-order valence-electron chi connectivity index (χ0n) is 10.1. The van der Waals surface area contributed by atoms with Gasteiger partial charge in [0.1, 0.15) is 5.01 Å². The predicted molar refractivity (Wildman–Crippen MR) is 74.2 cm³/mol. The van der Waals surface area contributed by atoms with E-state index in [1.54, 1.807) is 0 Å². The summed E-state index contributed by atoms with van der Waals surface area (Å²) >= 11 is 1.25. The lowest BCUT2D eigenvalue weighted by Crippen LogP contribution is -2.24. The average molecular weight is 272 g/mol. The van der Waals surface area contributed by atoms with Gasteiger partial charge in [-0.15, -0.1) is 16.6 Å². The minimum atomic E-state index is -0.114. The first-order valence-corrected chi connectivity index (χ1v) is 6.39. The Kier molecular flexibility index (Phi) is 4.11. The molecule has 1 aromatic carbocycles. The van der Waals surface area contributed by atoms with Gasteiger partial charge in [0.2, 0.25) is 11.0 Å². The molecule has 2 rings (SSSR count). The van der Waals surface area contributed by atoms with Crippen LogP contribution in [-0.2, 0) is 17.8 Å². The summed E-state index contributed by atoms with van der Waals surface area (Å²) in [6, 6.07) is 7.36. The molecule has 1 amide bonds. The van der Waals surface area contributed by atoms with Crippen LogP contribution >= 0.6 is 11.3 Å². The fourth-order valence-corrected chi connectivity index (χ4v) is 2.11. The van der Waals surface area contributed by atoms with Crippen molar-refractivity contribution in [2.75, 3.05) is 5.73 Å². The van der Waals surface area contributed by atoms with Gasteiger partial charge in [-0.05, 0) is 11.6 Å². The van der Waals surface area contributed by atoms with Crippen LogP contribution in [0.4, 0.5) is 5.13 Å². The van der Waals surface area contributed by atoms with Gasteiger partial charge in [-0.2, -0.15) is 0 Å². The third-order valence-electron chi connectivity index (χ3n) is 2.44. The highest BCUT2D eigenvalue weighted by atomic mass is 32.1. The highest BCUT2D eigenvalue weighted by Crippen LogP contribution is 2.11. The largest absolute Gasteiger partial charge is 0.374 e. The van der Waals surface area contributed by atoms with Crippen molar-refractivity contribution < 1.29 is 4.79 Å². The standard InChI is InChI=1S/C13H12N4OS/c1-2-9-5-3-4-6-10(9)7-11(18)15-8-12-16-17-13(14)19-12/h1,3-6H,7-8H2,(H2,14,17)(H,15,18). The summed E-state index contributed by atoms with van der Waals surface area (Å²) in [6.45, 7) is 0.325. The Morgan fingerprint density at radius 3 is 2.89 bits per heavy atom. The van der Waals surface area contributed by atoms with Gasteiger partial charge < -0.3 is 11.1 Å². The number of nitrogens with two attached hydrogens (primary N) is 1. The van der Waals surface area contributed by atoms with Crippen molar-refractivity contribution in [1.29, 1.82) is 0 Å². The molecule has 1 aromatic heterocycles. The van der Waals surface area contributed by atoms with Crippen LogP contribution in [0.5, 0.6) is 0 Å². The van der Waals surface area contributed by atoms with Crippen LogP contribution in [0, 0.1) is 12.3 Å². The first-order valence-electron chi connectivity index (χ1n) is 5.58. The maximum Gasteiger partial charge on any atom is 0.224 e. The van der Waals surface area contributed by atoms with E-state index in [0.717, 1.165) is 11.1 Å². The van der Waals surface area contributed by atoms with Crippen LogP contribution in [0.3, 0.4) is 0 Å². The van der Waals surface area contributed by atoms with E-state index in [9.17, 15) is 4.79 Å². The normalized spacial score (nSPS) is 9.84. The molecule has 2 aromatic rings. The molecule has 0 saturated carbocycles. The molecule has 0 atom stereocenters. The fourth-order valence-electron chi connectivity index (χ4n) is 1.56. The van der Waals surface area contributed by atoms with Gasteiger partial charge in [-0.3, -0.25) is 4.79 Å². The molecule has 0 unspecified atom stereocenters. The second kappa shape index (κ2) is 5.98. The van der Waals surface area contributed by atoms with E-state index in [-0.39, 0.29) is 12.3 Å². The summed E-state index contributed by atoms with van der Waals surface area (Å²) in [6.07, 6.45) is 5.63. The van der Waals surface area contributed by atoms with Gasteiger partial charge in [-0.25, -0.2) is 0 Å². The lowest BCUT2D eigenvalue weighted by Gasteiger charge is -2.05. The van der Waals surface area contributed by atoms with Crippen LogP contribution in [-0.4, -0.2) is 16.1 Å². The molecule has 0 aliphatic carbocycles. The minimum absolute atomic E-state index is 0.114. The van der Waals surface area contributed by atoms with Crippen molar-refractivity contribution in [2.24, 2.45) is 0 Å². The Hall–Kier alpha value is -2.39. The second-order valence-corrected chi connectivity index (χ2v) is 4.88. The Labute approximate surface area is 114 Å². The van der Waals surface area contributed by atoms with Gasteiger partial charge in [0, 0.05) is 5.56 Å². The quantitative estimate of drug-likeness (QED) is 0.812. The molecular weight excluding hydrogens is 260 g/mol. The first-order chi connectivity index (χ1) is 9.19. The highest BCUT2D eigenvalue weighted by Gasteiger charge is 2.08. The summed E-state index contributed by atoms with van der Waals surface area (Å²) in [5, 5.41) is 11.3. The van der Waals surface area contributed by atoms with Crippen molar-refractivity contribution in [1.82, 2.24) is 15.5 Å². The topological polar surface area (TPSA) is 80.9 Å². The van der Waals surface area contributed by atoms with E-state index in [4.69, 9.17) is 12.2 Å². The SMILES string of the molecule is C#Cc1ccccc1CC(=O)NCc1nnc(N)s1. The van der Waals surface area contributed by atoms with Crippen LogP contribution in [0.2, 0.25) is 0 Å². The molecule has 5 nitrogen and oxygen atoms in total. The molecule has 0 aliphatic heterocycles. The summed E-state index contributed by atoms with van der Waals surface area (Å²) in [5.41, 5.74) is 7.02. The number of amides is 1. The Morgan fingerprint density at radius 1 is 1.42 bits per heavy atom. The van der Waals surface area contributed by atoms with Gasteiger partial charge in [0.15, 0.2) is 0 Å². The van der Waals surface area contributed by atoms with Crippen molar-refractivity contribution in [3.63, 3.8) is 0 Å². The van der Waals surface area contributed by atoms with E-state index >= 15 is 0 Å².